The number of nitrogens with zero attached hydrogens (tertiary/aromatic N) is 5. The average molecular weight is 461 g/mol. The summed E-state index contributed by atoms with van der Waals surface area (Å²) in [6, 6.07) is 5.16. The number of aryl methyl sites for hydroxylation is 2. The van der Waals surface area contributed by atoms with Crippen LogP contribution in [-0.2, 0) is 0 Å². The smallest absolute Gasteiger partial charge is 0.263 e. The van der Waals surface area contributed by atoms with Gasteiger partial charge in [-0.05, 0) is 49.8 Å². The average Bonchev–Trinajstić information content (AvgIpc) is 3.05. The van der Waals surface area contributed by atoms with Crippen molar-refractivity contribution in [2.24, 2.45) is 0 Å². The van der Waals surface area contributed by atoms with Crippen LogP contribution in [0.4, 0.5) is 5.95 Å². The van der Waals surface area contributed by atoms with Crippen LogP contribution in [0.3, 0.4) is 0 Å². The van der Waals surface area contributed by atoms with E-state index in [0.717, 1.165) is 34.4 Å². The van der Waals surface area contributed by atoms with E-state index < -0.39 is 0 Å². The number of aromatic nitrogens is 4. The Kier molecular flexibility index (Phi) is 4.29. The molecule has 5 heterocycles. The third kappa shape index (κ3) is 2.79. The van der Waals surface area contributed by atoms with Gasteiger partial charge in [0.2, 0.25) is 5.95 Å². The number of nitrogens with one attached hydrogen (secondary N) is 1. The molecule has 7 nitrogen and oxygen atoms in total. The molecule has 28 heavy (non-hydrogen) atoms. The lowest BCUT2D eigenvalue weighted by Gasteiger charge is -2.55. The van der Waals surface area contributed by atoms with Gasteiger partial charge >= 0.3 is 0 Å². The Balaban J connectivity index is 1.54. The van der Waals surface area contributed by atoms with Crippen molar-refractivity contribution in [2.75, 3.05) is 24.2 Å². The molecule has 2 aromatic heterocycles. The molecule has 6 rings (SSSR count). The number of fused-ring (bicyclic) bond motifs is 3. The Morgan fingerprint density at radius 1 is 1.21 bits per heavy atom. The molecule has 2 unspecified atom stereocenters. The number of hydrogen-bond donors (Lipinski definition) is 1. The van der Waals surface area contributed by atoms with Crippen LogP contribution >= 0.6 is 27.9 Å². The van der Waals surface area contributed by atoms with Crippen molar-refractivity contribution >= 4 is 44.9 Å². The summed E-state index contributed by atoms with van der Waals surface area (Å²) in [7, 11) is 0. The number of rotatable bonds is 3. The molecule has 1 aromatic carbocycles. The van der Waals surface area contributed by atoms with Crippen molar-refractivity contribution in [3.05, 3.63) is 44.3 Å². The van der Waals surface area contributed by atoms with Crippen LogP contribution in [0, 0.1) is 13.8 Å². The van der Waals surface area contributed by atoms with Crippen LogP contribution in [0.1, 0.15) is 17.5 Å². The maximum absolute atomic E-state index is 12.7. The minimum atomic E-state index is -0.139. The van der Waals surface area contributed by atoms with Gasteiger partial charge in [0.15, 0.2) is 5.65 Å². The number of benzene rings is 1. The van der Waals surface area contributed by atoms with E-state index >= 15 is 0 Å². The van der Waals surface area contributed by atoms with E-state index in [1.54, 1.807) is 22.8 Å². The van der Waals surface area contributed by atoms with E-state index in [2.05, 4.69) is 53.6 Å². The highest BCUT2D eigenvalue weighted by Gasteiger charge is 2.45. The maximum Gasteiger partial charge on any atom is 0.263 e. The third-order valence-corrected chi connectivity index (χ3v) is 7.17. The van der Waals surface area contributed by atoms with Crippen molar-refractivity contribution in [3.63, 3.8) is 0 Å². The standard InChI is InChI=1S/C19H21BrN6OS/c1-10-4-12(20)5-11(2)16(10)25-9-15-17(23-25)21-19(22-18(15)27)24-7-13-6-14(8-24)26(13)28-3/h4-5,9,13-14H,6-8H2,1-3H3,(H,21,22,23,27). The van der Waals surface area contributed by atoms with Crippen molar-refractivity contribution in [1.82, 2.24) is 24.1 Å². The molecule has 3 saturated heterocycles. The number of anilines is 1. The topological polar surface area (TPSA) is 70.1 Å². The molecule has 3 aliphatic rings. The van der Waals surface area contributed by atoms with Crippen molar-refractivity contribution in [1.29, 1.82) is 0 Å². The summed E-state index contributed by atoms with van der Waals surface area (Å²) in [5.74, 6) is 0.627. The van der Waals surface area contributed by atoms with Crippen LogP contribution in [0.5, 0.6) is 0 Å². The highest BCUT2D eigenvalue weighted by Crippen LogP contribution is 2.37. The Morgan fingerprint density at radius 3 is 2.54 bits per heavy atom. The number of piperidine rings is 1. The summed E-state index contributed by atoms with van der Waals surface area (Å²) in [5.41, 5.74) is 3.51. The van der Waals surface area contributed by atoms with Gasteiger partial charge < -0.3 is 4.90 Å². The van der Waals surface area contributed by atoms with Gasteiger partial charge in [-0.3, -0.25) is 9.78 Å². The molecule has 9 heteroatoms. The Morgan fingerprint density at radius 2 is 1.89 bits per heavy atom. The summed E-state index contributed by atoms with van der Waals surface area (Å²) in [4.78, 5) is 22.6. The van der Waals surface area contributed by atoms with Crippen molar-refractivity contribution in [2.45, 2.75) is 32.4 Å². The second-order valence-corrected chi connectivity index (χ2v) is 9.28. The number of aromatic amines is 1. The lowest BCUT2D eigenvalue weighted by Crippen LogP contribution is -2.66. The van der Waals surface area contributed by atoms with Gasteiger partial charge in [-0.1, -0.05) is 27.9 Å². The van der Waals surface area contributed by atoms with Gasteiger partial charge in [-0.15, -0.1) is 5.10 Å². The SMILES string of the molecule is CSN1C2CC1CN(c1nc3nn(-c4c(C)cc(Br)cc4C)cc3c(=O)[nH]1)C2. The molecule has 0 radical (unpaired) electrons. The van der Waals surface area contributed by atoms with E-state index in [-0.39, 0.29) is 5.56 Å². The molecule has 3 aliphatic heterocycles. The second-order valence-electron chi connectivity index (χ2n) is 7.58. The van der Waals surface area contributed by atoms with Crippen LogP contribution in [0.2, 0.25) is 0 Å². The van der Waals surface area contributed by atoms with E-state index in [4.69, 9.17) is 4.98 Å². The highest BCUT2D eigenvalue weighted by molar-refractivity contribution is 9.10. The molecular weight excluding hydrogens is 440 g/mol. The van der Waals surface area contributed by atoms with Crippen LogP contribution in [0.25, 0.3) is 16.7 Å². The van der Waals surface area contributed by atoms with Gasteiger partial charge in [-0.2, -0.15) is 4.98 Å². The number of halogens is 1. The zero-order chi connectivity index (χ0) is 19.6. The number of H-pyrrole nitrogens is 1. The predicted molar refractivity (Wildman–Crippen MR) is 116 cm³/mol. The second kappa shape index (κ2) is 6.60. The van der Waals surface area contributed by atoms with E-state index in [9.17, 15) is 4.79 Å². The number of hydrogen-bond acceptors (Lipinski definition) is 6. The quantitative estimate of drug-likeness (QED) is 0.605. The van der Waals surface area contributed by atoms with Crippen molar-refractivity contribution < 1.29 is 0 Å². The minimum absolute atomic E-state index is 0.139. The molecule has 2 atom stereocenters. The van der Waals surface area contributed by atoms with Gasteiger partial charge in [0.1, 0.15) is 5.39 Å². The molecule has 3 fully saturated rings. The Hall–Kier alpha value is -1.84. The fourth-order valence-electron chi connectivity index (χ4n) is 4.48. The molecule has 0 spiro atoms. The predicted octanol–water partition coefficient (Wildman–Crippen LogP) is 3.03. The molecule has 1 N–H and O–H groups in total. The molecule has 0 amide bonds. The molecule has 3 aromatic rings. The summed E-state index contributed by atoms with van der Waals surface area (Å²) < 4.78 is 5.25. The zero-order valence-corrected chi connectivity index (χ0v) is 18.3. The van der Waals surface area contributed by atoms with Gasteiger partial charge in [0, 0.05) is 35.8 Å². The first-order chi connectivity index (χ1) is 13.4. The first kappa shape index (κ1) is 18.2. The highest BCUT2D eigenvalue weighted by atomic mass is 79.9. The van der Waals surface area contributed by atoms with Crippen LogP contribution < -0.4 is 10.5 Å². The summed E-state index contributed by atoms with van der Waals surface area (Å²) in [6.45, 7) is 5.86. The van der Waals surface area contributed by atoms with E-state index in [1.807, 2.05) is 13.8 Å². The van der Waals surface area contributed by atoms with Gasteiger partial charge in [0.05, 0.1) is 5.69 Å². The first-order valence-corrected chi connectivity index (χ1v) is 11.3. The lowest BCUT2D eigenvalue weighted by molar-refractivity contribution is 0.101. The van der Waals surface area contributed by atoms with E-state index in [0.29, 0.717) is 29.1 Å². The maximum atomic E-state index is 12.7. The van der Waals surface area contributed by atoms with Crippen molar-refractivity contribution in [3.8, 4) is 5.69 Å². The molecule has 146 valence electrons. The normalized spacial score (nSPS) is 21.9. The summed E-state index contributed by atoms with van der Waals surface area (Å²) in [6.07, 6.45) is 5.12. The van der Waals surface area contributed by atoms with Crippen LogP contribution in [-0.4, -0.2) is 55.5 Å². The fraction of sp³-hybridized carbons (Fsp3) is 0.421. The van der Waals surface area contributed by atoms with E-state index in [1.165, 1.54) is 6.42 Å². The molecule has 0 saturated carbocycles. The summed E-state index contributed by atoms with van der Waals surface area (Å²) in [5, 5.41) is 5.15. The first-order valence-electron chi connectivity index (χ1n) is 9.29. The minimum Gasteiger partial charge on any atom is -0.339 e. The molecule has 0 aliphatic carbocycles. The van der Waals surface area contributed by atoms with Gasteiger partial charge in [-0.25, -0.2) is 8.99 Å². The zero-order valence-electron chi connectivity index (χ0n) is 15.9. The molecular formula is C19H21BrN6OS. The largest absolute Gasteiger partial charge is 0.339 e. The Labute approximate surface area is 175 Å². The monoisotopic (exact) mass is 460 g/mol. The third-order valence-electron chi connectivity index (χ3n) is 5.70. The molecule has 2 bridgehead atoms. The number of piperazine rings is 1. The van der Waals surface area contributed by atoms with Crippen LogP contribution in [0.15, 0.2) is 27.6 Å². The lowest BCUT2D eigenvalue weighted by atomic mass is 9.91. The summed E-state index contributed by atoms with van der Waals surface area (Å²) >= 11 is 5.34. The van der Waals surface area contributed by atoms with Gasteiger partial charge in [0.25, 0.3) is 5.56 Å². The fourth-order valence-corrected chi connectivity index (χ4v) is 6.07. The Bertz CT molecular complexity index is 1110.